The lowest BCUT2D eigenvalue weighted by Gasteiger charge is -2.05. The molecule has 0 bridgehead atoms. The Bertz CT molecular complexity index is 643. The van der Waals surface area contributed by atoms with Gasteiger partial charge in [0.1, 0.15) is 11.5 Å². The first-order valence-corrected chi connectivity index (χ1v) is 6.84. The zero-order chi connectivity index (χ0) is 14.7. The van der Waals surface area contributed by atoms with Crippen LogP contribution in [0, 0.1) is 0 Å². The van der Waals surface area contributed by atoms with Gasteiger partial charge in [-0.1, -0.05) is 47.0 Å². The van der Waals surface area contributed by atoms with E-state index in [2.05, 4.69) is 0 Å². The molecule has 0 spiro atoms. The monoisotopic (exact) mass is 328 g/mol. The molecule has 20 heavy (non-hydrogen) atoms. The highest BCUT2D eigenvalue weighted by atomic mass is 35.5. The lowest BCUT2D eigenvalue weighted by molar-refractivity contribution is 0.414. The Morgan fingerprint density at radius 1 is 0.950 bits per heavy atom. The zero-order valence-electron chi connectivity index (χ0n) is 10.5. The Balaban J connectivity index is 2.39. The Labute approximate surface area is 132 Å². The number of ether oxygens (including phenoxy) is 1. The van der Waals surface area contributed by atoms with Gasteiger partial charge < -0.3 is 9.84 Å². The van der Waals surface area contributed by atoms with Crippen LogP contribution >= 0.6 is 34.8 Å². The molecule has 2 aromatic carbocycles. The molecule has 0 radical (unpaired) electrons. The summed E-state index contributed by atoms with van der Waals surface area (Å²) in [5, 5.41) is 10.7. The number of hydrogen-bond acceptors (Lipinski definition) is 2. The maximum Gasteiger partial charge on any atom is 0.119 e. The molecule has 0 unspecified atom stereocenters. The van der Waals surface area contributed by atoms with Crippen molar-refractivity contribution in [1.29, 1.82) is 0 Å². The number of halogens is 3. The van der Waals surface area contributed by atoms with Gasteiger partial charge in [0.2, 0.25) is 0 Å². The zero-order valence-corrected chi connectivity index (χ0v) is 12.8. The van der Waals surface area contributed by atoms with Gasteiger partial charge in [-0.3, -0.25) is 0 Å². The number of phenolic OH excluding ortho intramolecular Hbond substituents is 1. The van der Waals surface area contributed by atoms with Gasteiger partial charge in [0.25, 0.3) is 0 Å². The van der Waals surface area contributed by atoms with E-state index in [0.717, 1.165) is 5.56 Å². The minimum Gasteiger partial charge on any atom is -0.508 e. The molecule has 2 rings (SSSR count). The van der Waals surface area contributed by atoms with Crippen molar-refractivity contribution in [2.45, 2.75) is 0 Å². The molecule has 1 N–H and O–H groups in total. The first-order chi connectivity index (χ1) is 9.51. The molecule has 0 fully saturated rings. The molecule has 0 aliphatic heterocycles. The summed E-state index contributed by atoms with van der Waals surface area (Å²) in [5.41, 5.74) is 1.40. The van der Waals surface area contributed by atoms with E-state index in [9.17, 15) is 5.11 Å². The van der Waals surface area contributed by atoms with Crippen LogP contribution in [0.1, 0.15) is 11.1 Å². The van der Waals surface area contributed by atoms with Crippen molar-refractivity contribution in [2.75, 3.05) is 7.11 Å². The van der Waals surface area contributed by atoms with Crippen LogP contribution in [-0.4, -0.2) is 12.2 Å². The Morgan fingerprint density at radius 2 is 1.60 bits per heavy atom. The van der Waals surface area contributed by atoms with Gasteiger partial charge in [0, 0.05) is 10.6 Å². The molecule has 0 aromatic heterocycles. The summed E-state index contributed by atoms with van der Waals surface area (Å²) in [4.78, 5) is 0. The molecule has 2 nitrogen and oxygen atoms in total. The molecule has 0 saturated carbocycles. The third kappa shape index (κ3) is 3.40. The van der Waals surface area contributed by atoms with Crippen LogP contribution in [0.3, 0.4) is 0 Å². The largest absolute Gasteiger partial charge is 0.508 e. The van der Waals surface area contributed by atoms with Gasteiger partial charge in [-0.2, -0.15) is 0 Å². The summed E-state index contributed by atoms with van der Waals surface area (Å²) in [6.45, 7) is 0. The molecule has 0 amide bonds. The van der Waals surface area contributed by atoms with Crippen LogP contribution in [0.4, 0.5) is 0 Å². The molecule has 104 valence electrons. The van der Waals surface area contributed by atoms with Crippen LogP contribution in [0.2, 0.25) is 15.1 Å². The van der Waals surface area contributed by atoms with Crippen LogP contribution in [0.25, 0.3) is 12.2 Å². The van der Waals surface area contributed by atoms with E-state index < -0.39 is 0 Å². The third-order valence-electron chi connectivity index (χ3n) is 2.70. The molecule has 0 aliphatic carbocycles. The van der Waals surface area contributed by atoms with Crippen molar-refractivity contribution < 1.29 is 9.84 Å². The molecule has 0 saturated heterocycles. The number of rotatable bonds is 3. The smallest absolute Gasteiger partial charge is 0.119 e. The van der Waals surface area contributed by atoms with E-state index in [4.69, 9.17) is 39.5 Å². The van der Waals surface area contributed by atoms with Crippen LogP contribution in [0.15, 0.2) is 30.3 Å². The predicted molar refractivity (Wildman–Crippen MR) is 85.1 cm³/mol. The van der Waals surface area contributed by atoms with Crippen LogP contribution in [-0.2, 0) is 0 Å². The summed E-state index contributed by atoms with van der Waals surface area (Å²) in [6.07, 6.45) is 3.53. The van der Waals surface area contributed by atoms with Crippen LogP contribution < -0.4 is 4.74 Å². The Kier molecular flexibility index (Phi) is 4.81. The van der Waals surface area contributed by atoms with Crippen molar-refractivity contribution in [2.24, 2.45) is 0 Å². The second kappa shape index (κ2) is 6.40. The van der Waals surface area contributed by atoms with E-state index >= 15 is 0 Å². The molecule has 0 aliphatic rings. The highest BCUT2D eigenvalue weighted by Gasteiger charge is 2.06. The number of phenols is 1. The minimum atomic E-state index is 0.0246. The number of benzene rings is 2. The highest BCUT2D eigenvalue weighted by molar-refractivity contribution is 6.37. The standard InChI is InChI=1S/C15H11Cl3O2/c1-20-11-3-5-13(16)9(6-11)2-4-12-14(17)7-10(19)8-15(12)18/h2-8,19H,1H3/b4-2+. The van der Waals surface area contributed by atoms with Gasteiger partial charge in [-0.25, -0.2) is 0 Å². The maximum atomic E-state index is 9.39. The molecule has 0 heterocycles. The summed E-state index contributed by atoms with van der Waals surface area (Å²) in [7, 11) is 1.59. The van der Waals surface area contributed by atoms with Crippen molar-refractivity contribution in [1.82, 2.24) is 0 Å². The fourth-order valence-electron chi connectivity index (χ4n) is 1.68. The Morgan fingerprint density at radius 3 is 2.20 bits per heavy atom. The van der Waals surface area contributed by atoms with Crippen molar-refractivity contribution in [3.8, 4) is 11.5 Å². The highest BCUT2D eigenvalue weighted by Crippen LogP contribution is 2.32. The normalized spacial score (nSPS) is 11.0. The van der Waals surface area contributed by atoms with Gasteiger partial charge >= 0.3 is 0 Å². The molecule has 2 aromatic rings. The lowest BCUT2D eigenvalue weighted by Crippen LogP contribution is -1.84. The molecule has 0 atom stereocenters. The van der Waals surface area contributed by atoms with E-state index in [1.165, 1.54) is 12.1 Å². The first kappa shape index (κ1) is 15.0. The SMILES string of the molecule is COc1ccc(Cl)c(/C=C/c2c(Cl)cc(O)cc2Cl)c1. The van der Waals surface area contributed by atoms with E-state index in [0.29, 0.717) is 26.4 Å². The number of aromatic hydroxyl groups is 1. The molecular formula is C15H11Cl3O2. The summed E-state index contributed by atoms with van der Waals surface area (Å²) in [5.74, 6) is 0.730. The number of methoxy groups -OCH3 is 1. The first-order valence-electron chi connectivity index (χ1n) is 5.71. The molecule has 5 heteroatoms. The summed E-state index contributed by atoms with van der Waals surface area (Å²) < 4.78 is 5.15. The second-order valence-corrected chi connectivity index (χ2v) is 5.27. The predicted octanol–water partition coefficient (Wildman–Crippen LogP) is 5.53. The van der Waals surface area contributed by atoms with Crippen molar-refractivity contribution in [3.63, 3.8) is 0 Å². The second-order valence-electron chi connectivity index (χ2n) is 4.04. The maximum absolute atomic E-state index is 9.39. The van der Waals surface area contributed by atoms with E-state index in [-0.39, 0.29) is 5.75 Å². The van der Waals surface area contributed by atoms with Gasteiger partial charge in [0.15, 0.2) is 0 Å². The van der Waals surface area contributed by atoms with Gasteiger partial charge in [-0.15, -0.1) is 0 Å². The average Bonchev–Trinajstić information content (AvgIpc) is 2.39. The quantitative estimate of drug-likeness (QED) is 0.750. The van der Waals surface area contributed by atoms with Crippen LogP contribution in [0.5, 0.6) is 11.5 Å². The number of hydrogen-bond donors (Lipinski definition) is 1. The summed E-state index contributed by atoms with van der Waals surface area (Å²) >= 11 is 18.2. The van der Waals surface area contributed by atoms with Gasteiger partial charge in [0.05, 0.1) is 17.2 Å². The van der Waals surface area contributed by atoms with Crippen molar-refractivity contribution >= 4 is 47.0 Å². The average molecular weight is 330 g/mol. The fraction of sp³-hybridized carbons (Fsp3) is 0.0667. The Hall–Kier alpha value is -1.35. The minimum absolute atomic E-state index is 0.0246. The summed E-state index contributed by atoms with van der Waals surface area (Å²) in [6, 6.07) is 8.20. The van der Waals surface area contributed by atoms with E-state index in [1.807, 2.05) is 0 Å². The lowest BCUT2D eigenvalue weighted by atomic mass is 10.1. The topological polar surface area (TPSA) is 29.5 Å². The van der Waals surface area contributed by atoms with Gasteiger partial charge in [-0.05, 0) is 35.9 Å². The third-order valence-corrected chi connectivity index (χ3v) is 3.67. The van der Waals surface area contributed by atoms with Crippen molar-refractivity contribution in [3.05, 3.63) is 56.5 Å². The van der Waals surface area contributed by atoms with E-state index in [1.54, 1.807) is 37.5 Å². The fourth-order valence-corrected chi connectivity index (χ4v) is 2.46. The molecular weight excluding hydrogens is 319 g/mol.